The van der Waals surface area contributed by atoms with Crippen LogP contribution in [0.5, 0.6) is 0 Å². The standard InChI is InChI=1S/C12H17N3O/c13-11(3-1-2-6-16)10-7-9-4-5-14-12(9)15-8-10/h4-5,7-8,11,16H,1-3,6,13H2,(H,14,15)/t11-/m0/s1. The number of aromatic amines is 1. The zero-order chi connectivity index (χ0) is 11.4. The fourth-order valence-electron chi connectivity index (χ4n) is 1.80. The van der Waals surface area contributed by atoms with Crippen LogP contribution in [0.4, 0.5) is 0 Å². The molecule has 0 aliphatic rings. The number of hydrogen-bond acceptors (Lipinski definition) is 3. The van der Waals surface area contributed by atoms with Gasteiger partial charge >= 0.3 is 0 Å². The van der Waals surface area contributed by atoms with Crippen LogP contribution in [0.25, 0.3) is 11.0 Å². The average Bonchev–Trinajstić information content (AvgIpc) is 2.76. The van der Waals surface area contributed by atoms with Crippen molar-refractivity contribution >= 4 is 11.0 Å². The van der Waals surface area contributed by atoms with E-state index in [1.165, 1.54) is 0 Å². The molecule has 0 aliphatic carbocycles. The molecule has 2 rings (SSSR count). The van der Waals surface area contributed by atoms with E-state index in [2.05, 4.69) is 16.0 Å². The SMILES string of the molecule is N[C@@H](CCCCO)c1cnc2[nH]ccc2c1. The van der Waals surface area contributed by atoms with E-state index in [0.29, 0.717) is 0 Å². The van der Waals surface area contributed by atoms with Gasteiger partial charge in [0, 0.05) is 30.4 Å². The van der Waals surface area contributed by atoms with Crippen molar-refractivity contribution in [2.24, 2.45) is 5.73 Å². The quantitative estimate of drug-likeness (QED) is 0.670. The molecule has 0 bridgehead atoms. The lowest BCUT2D eigenvalue weighted by Gasteiger charge is -2.10. The monoisotopic (exact) mass is 219 g/mol. The molecule has 0 fully saturated rings. The molecule has 0 saturated carbocycles. The van der Waals surface area contributed by atoms with Crippen molar-refractivity contribution in [3.05, 3.63) is 30.1 Å². The summed E-state index contributed by atoms with van der Waals surface area (Å²) < 4.78 is 0. The highest BCUT2D eigenvalue weighted by Gasteiger charge is 2.07. The van der Waals surface area contributed by atoms with Crippen molar-refractivity contribution in [2.45, 2.75) is 25.3 Å². The second-order valence-corrected chi connectivity index (χ2v) is 4.01. The summed E-state index contributed by atoms with van der Waals surface area (Å²) in [5.74, 6) is 0. The van der Waals surface area contributed by atoms with E-state index in [1.807, 2.05) is 18.5 Å². The molecule has 1 atom stereocenters. The van der Waals surface area contributed by atoms with Crippen LogP contribution < -0.4 is 5.73 Å². The van der Waals surface area contributed by atoms with E-state index >= 15 is 0 Å². The highest BCUT2D eigenvalue weighted by Crippen LogP contribution is 2.19. The lowest BCUT2D eigenvalue weighted by molar-refractivity contribution is 0.281. The first-order valence-corrected chi connectivity index (χ1v) is 5.60. The number of nitrogens with one attached hydrogen (secondary N) is 1. The number of unbranched alkanes of at least 4 members (excludes halogenated alkanes) is 1. The van der Waals surface area contributed by atoms with E-state index in [9.17, 15) is 0 Å². The summed E-state index contributed by atoms with van der Waals surface area (Å²) in [4.78, 5) is 7.36. The molecule has 4 nitrogen and oxygen atoms in total. The molecule has 4 N–H and O–H groups in total. The Bertz CT molecular complexity index is 452. The Morgan fingerprint density at radius 1 is 1.44 bits per heavy atom. The Hall–Kier alpha value is -1.39. The Morgan fingerprint density at radius 2 is 2.31 bits per heavy atom. The van der Waals surface area contributed by atoms with Gasteiger partial charge in [0.15, 0.2) is 0 Å². The van der Waals surface area contributed by atoms with Crippen LogP contribution in [0.2, 0.25) is 0 Å². The Labute approximate surface area is 94.5 Å². The third-order valence-corrected chi connectivity index (χ3v) is 2.77. The lowest BCUT2D eigenvalue weighted by Crippen LogP contribution is -2.10. The van der Waals surface area contributed by atoms with Crippen LogP contribution >= 0.6 is 0 Å². The van der Waals surface area contributed by atoms with Crippen LogP contribution in [-0.2, 0) is 0 Å². The molecule has 0 aliphatic heterocycles. The Morgan fingerprint density at radius 3 is 3.12 bits per heavy atom. The van der Waals surface area contributed by atoms with Gasteiger partial charge in [-0.2, -0.15) is 0 Å². The second-order valence-electron chi connectivity index (χ2n) is 4.01. The molecule has 2 aromatic heterocycles. The highest BCUT2D eigenvalue weighted by atomic mass is 16.2. The largest absolute Gasteiger partial charge is 0.396 e. The molecule has 0 saturated heterocycles. The number of fused-ring (bicyclic) bond motifs is 1. The average molecular weight is 219 g/mol. The summed E-state index contributed by atoms with van der Waals surface area (Å²) >= 11 is 0. The number of aliphatic hydroxyl groups is 1. The number of nitrogens with zero attached hydrogens (tertiary/aromatic N) is 1. The van der Waals surface area contributed by atoms with Gasteiger partial charge in [-0.3, -0.25) is 0 Å². The maximum absolute atomic E-state index is 8.71. The number of hydrogen-bond donors (Lipinski definition) is 3. The summed E-state index contributed by atoms with van der Waals surface area (Å²) in [6.07, 6.45) is 6.34. The molecule has 0 amide bonds. The summed E-state index contributed by atoms with van der Waals surface area (Å²) in [5, 5.41) is 9.80. The lowest BCUT2D eigenvalue weighted by atomic mass is 10.0. The van der Waals surface area contributed by atoms with Crippen molar-refractivity contribution in [2.75, 3.05) is 6.61 Å². The second kappa shape index (κ2) is 5.09. The first-order chi connectivity index (χ1) is 7.81. The first-order valence-electron chi connectivity index (χ1n) is 5.60. The molecular formula is C12H17N3O. The van der Waals surface area contributed by atoms with Crippen LogP contribution in [0.15, 0.2) is 24.5 Å². The van der Waals surface area contributed by atoms with Crippen molar-refractivity contribution < 1.29 is 5.11 Å². The Balaban J connectivity index is 2.07. The van der Waals surface area contributed by atoms with Gasteiger partial charge in [-0.1, -0.05) is 0 Å². The van der Waals surface area contributed by atoms with Crippen molar-refractivity contribution in [1.82, 2.24) is 9.97 Å². The predicted molar refractivity (Wildman–Crippen MR) is 64.0 cm³/mol. The van der Waals surface area contributed by atoms with Crippen LogP contribution in [0.3, 0.4) is 0 Å². The minimum absolute atomic E-state index is 0.0124. The molecule has 4 heteroatoms. The van der Waals surface area contributed by atoms with Gasteiger partial charge in [0.05, 0.1) is 0 Å². The normalized spacial score (nSPS) is 13.1. The van der Waals surface area contributed by atoms with Gasteiger partial charge in [-0.05, 0) is 37.0 Å². The van der Waals surface area contributed by atoms with Crippen LogP contribution in [-0.4, -0.2) is 21.7 Å². The minimum Gasteiger partial charge on any atom is -0.396 e. The molecule has 16 heavy (non-hydrogen) atoms. The zero-order valence-electron chi connectivity index (χ0n) is 9.19. The summed E-state index contributed by atoms with van der Waals surface area (Å²) in [6, 6.07) is 4.08. The molecule has 86 valence electrons. The van der Waals surface area contributed by atoms with E-state index in [1.54, 1.807) is 0 Å². The van der Waals surface area contributed by atoms with Gasteiger partial charge < -0.3 is 15.8 Å². The van der Waals surface area contributed by atoms with E-state index < -0.39 is 0 Å². The van der Waals surface area contributed by atoms with E-state index in [4.69, 9.17) is 10.8 Å². The summed E-state index contributed by atoms with van der Waals surface area (Å²) in [6.45, 7) is 0.238. The minimum atomic E-state index is 0.0124. The predicted octanol–water partition coefficient (Wildman–Crippen LogP) is 1.73. The molecule has 2 heterocycles. The molecular weight excluding hydrogens is 202 g/mol. The van der Waals surface area contributed by atoms with Gasteiger partial charge in [0.1, 0.15) is 5.65 Å². The van der Waals surface area contributed by atoms with Crippen LogP contribution in [0.1, 0.15) is 30.9 Å². The fraction of sp³-hybridized carbons (Fsp3) is 0.417. The summed E-state index contributed by atoms with van der Waals surface area (Å²) in [7, 11) is 0. The number of H-pyrrole nitrogens is 1. The topological polar surface area (TPSA) is 74.9 Å². The zero-order valence-corrected chi connectivity index (χ0v) is 9.19. The molecule has 2 aromatic rings. The first kappa shape index (κ1) is 11.1. The van der Waals surface area contributed by atoms with Crippen molar-refractivity contribution in [3.63, 3.8) is 0 Å². The number of nitrogens with two attached hydrogens (primary N) is 1. The number of aromatic nitrogens is 2. The van der Waals surface area contributed by atoms with Gasteiger partial charge in [0.25, 0.3) is 0 Å². The fourth-order valence-corrected chi connectivity index (χ4v) is 1.80. The molecule has 0 aromatic carbocycles. The van der Waals surface area contributed by atoms with Crippen molar-refractivity contribution in [3.8, 4) is 0 Å². The van der Waals surface area contributed by atoms with Gasteiger partial charge in [0.2, 0.25) is 0 Å². The molecule has 0 spiro atoms. The molecule has 0 radical (unpaired) electrons. The van der Waals surface area contributed by atoms with Gasteiger partial charge in [-0.15, -0.1) is 0 Å². The van der Waals surface area contributed by atoms with E-state index in [0.717, 1.165) is 35.9 Å². The van der Waals surface area contributed by atoms with Crippen LogP contribution in [0, 0.1) is 0 Å². The molecule has 0 unspecified atom stereocenters. The Kier molecular flexibility index (Phi) is 3.54. The number of aliphatic hydroxyl groups excluding tert-OH is 1. The third kappa shape index (κ3) is 2.40. The number of rotatable bonds is 5. The highest BCUT2D eigenvalue weighted by molar-refractivity contribution is 5.75. The summed E-state index contributed by atoms with van der Waals surface area (Å²) in [5.41, 5.74) is 8.02. The van der Waals surface area contributed by atoms with Gasteiger partial charge in [-0.25, -0.2) is 4.98 Å². The van der Waals surface area contributed by atoms with E-state index in [-0.39, 0.29) is 12.6 Å². The van der Waals surface area contributed by atoms with Crippen molar-refractivity contribution in [1.29, 1.82) is 0 Å². The maximum Gasteiger partial charge on any atom is 0.137 e. The third-order valence-electron chi connectivity index (χ3n) is 2.77. The number of pyridine rings is 1. The maximum atomic E-state index is 8.71. The smallest absolute Gasteiger partial charge is 0.137 e.